The number of aromatic hydroxyl groups is 22. The summed E-state index contributed by atoms with van der Waals surface area (Å²) in [4.78, 5) is 89.2. The molecule has 4 heterocycles. The Bertz CT molecular complexity index is 4850. The molecule has 8 aromatic rings. The highest BCUT2D eigenvalue weighted by molar-refractivity contribution is 6.11. The summed E-state index contributed by atoms with van der Waals surface area (Å²) in [7, 11) is 0. The Morgan fingerprint density at radius 1 is 0.347 bits per heavy atom. The molecule has 506 valence electrons. The first-order valence-corrected chi connectivity index (χ1v) is 27.8. The first-order valence-electron chi connectivity index (χ1n) is 27.8. The maximum atomic E-state index is 15.4. The second-order valence-electron chi connectivity index (χ2n) is 22.2. The van der Waals surface area contributed by atoms with Crippen LogP contribution in [0.3, 0.4) is 0 Å². The van der Waals surface area contributed by atoms with Gasteiger partial charge in [-0.2, -0.15) is 0 Å². The molecular formula is C63H44O35. The molecule has 2 bridgehead atoms. The second-order valence-corrected chi connectivity index (χ2v) is 22.2. The number of esters is 6. The summed E-state index contributed by atoms with van der Waals surface area (Å²) in [5.74, 6) is -44.2. The van der Waals surface area contributed by atoms with Crippen molar-refractivity contribution in [3.63, 3.8) is 0 Å². The Kier molecular flexibility index (Phi) is 15.0. The third kappa shape index (κ3) is 9.99. The van der Waals surface area contributed by atoms with Crippen LogP contribution in [0.4, 0.5) is 0 Å². The lowest BCUT2D eigenvalue weighted by Gasteiger charge is -2.43. The highest BCUT2D eigenvalue weighted by Gasteiger charge is 2.57. The van der Waals surface area contributed by atoms with Crippen molar-refractivity contribution in [1.82, 2.24) is 0 Å². The van der Waals surface area contributed by atoms with Gasteiger partial charge in [0.15, 0.2) is 123 Å². The van der Waals surface area contributed by atoms with Gasteiger partial charge in [0.05, 0.1) is 39.3 Å². The summed E-state index contributed by atoms with van der Waals surface area (Å²) in [5.41, 5.74) is -15.0. The van der Waals surface area contributed by atoms with E-state index < -0.39 is 296 Å². The Balaban J connectivity index is 1.14. The molecule has 4 aliphatic heterocycles. The number of hydrogen-bond acceptors (Lipinski definition) is 35. The number of benzene rings is 8. The van der Waals surface area contributed by atoms with Gasteiger partial charge >= 0.3 is 35.8 Å². The van der Waals surface area contributed by atoms with Gasteiger partial charge in [-0.15, -0.1) is 0 Å². The quantitative estimate of drug-likeness (QED) is 0.0601. The van der Waals surface area contributed by atoms with Crippen molar-refractivity contribution in [2.24, 2.45) is 0 Å². The van der Waals surface area contributed by atoms with E-state index in [0.717, 1.165) is 18.2 Å². The topological polar surface area (TPSA) is 612 Å². The number of rotatable bonds is 7. The van der Waals surface area contributed by atoms with Crippen molar-refractivity contribution < 1.29 is 174 Å². The molecule has 0 aliphatic carbocycles. The average Bonchev–Trinajstić information content (AvgIpc) is 0.714. The fraction of sp³-hybridized carbons (Fsp3) is 0.143. The molecule has 35 nitrogen and oxygen atoms in total. The van der Waals surface area contributed by atoms with Gasteiger partial charge in [-0.25, -0.2) is 28.8 Å². The van der Waals surface area contributed by atoms with Gasteiger partial charge in [0, 0.05) is 57.0 Å². The van der Waals surface area contributed by atoms with Gasteiger partial charge in [0.1, 0.15) is 30.0 Å². The molecule has 0 saturated heterocycles. The number of carbonyl (C=O) groups is 6. The minimum absolute atomic E-state index is 0.135. The van der Waals surface area contributed by atoms with Gasteiger partial charge in [0.25, 0.3) is 0 Å². The Labute approximate surface area is 541 Å². The van der Waals surface area contributed by atoms with Crippen LogP contribution >= 0.6 is 0 Å². The van der Waals surface area contributed by atoms with E-state index in [-0.39, 0.29) is 11.6 Å². The van der Waals surface area contributed by atoms with Gasteiger partial charge < -0.3 is 146 Å². The first-order chi connectivity index (χ1) is 46.2. The van der Waals surface area contributed by atoms with E-state index >= 15 is 14.4 Å². The number of phenols is 22. The van der Waals surface area contributed by atoms with Gasteiger partial charge in [0.2, 0.25) is 23.0 Å². The zero-order chi connectivity index (χ0) is 71.0. The molecule has 8 aromatic carbocycles. The zero-order valence-corrected chi connectivity index (χ0v) is 48.5. The van der Waals surface area contributed by atoms with Crippen LogP contribution in [0.25, 0.3) is 22.3 Å². The molecule has 7 atom stereocenters. The molecular weight excluding hydrogens is 1320 g/mol. The molecule has 0 spiro atoms. The minimum Gasteiger partial charge on any atom is -0.507 e. The van der Waals surface area contributed by atoms with E-state index in [2.05, 4.69) is 0 Å². The van der Waals surface area contributed by atoms with Gasteiger partial charge in [-0.3, -0.25) is 0 Å². The summed E-state index contributed by atoms with van der Waals surface area (Å²) in [6.45, 7) is -1.69. The van der Waals surface area contributed by atoms with Crippen molar-refractivity contribution in [1.29, 1.82) is 0 Å². The van der Waals surface area contributed by atoms with Crippen LogP contribution in [-0.2, 0) is 34.8 Å². The fourth-order valence-electron chi connectivity index (χ4n) is 11.9. The number of phenolic OH excluding ortho intramolecular Hbond substituents is 22. The number of hydrogen-bond donors (Lipinski definition) is 22. The number of ether oxygens (including phenoxy) is 7. The summed E-state index contributed by atoms with van der Waals surface area (Å²) in [5, 5.41) is 244. The molecule has 22 N–H and O–H groups in total. The third-order valence-electron chi connectivity index (χ3n) is 16.5. The first kappa shape index (κ1) is 64.1. The maximum absolute atomic E-state index is 15.4. The lowest BCUT2D eigenvalue weighted by molar-refractivity contribution is -0.135. The summed E-state index contributed by atoms with van der Waals surface area (Å²) >= 11 is 0. The number of carbonyl (C=O) groups excluding carboxylic acids is 6. The predicted octanol–water partition coefficient (Wildman–Crippen LogP) is 4.28. The van der Waals surface area contributed by atoms with E-state index in [9.17, 15) is 127 Å². The predicted molar refractivity (Wildman–Crippen MR) is 311 cm³/mol. The molecule has 35 heteroatoms. The summed E-state index contributed by atoms with van der Waals surface area (Å²) in [6.07, 6.45) is -16.4. The summed E-state index contributed by atoms with van der Waals surface area (Å²) in [6, 6.07) is 6.81. The summed E-state index contributed by atoms with van der Waals surface area (Å²) < 4.78 is 41.3. The van der Waals surface area contributed by atoms with Crippen molar-refractivity contribution in [2.45, 2.75) is 49.0 Å². The molecule has 0 radical (unpaired) electrons. The largest absolute Gasteiger partial charge is 0.507 e. The van der Waals surface area contributed by atoms with Crippen molar-refractivity contribution in [3.8, 4) is 154 Å². The zero-order valence-electron chi connectivity index (χ0n) is 48.5. The maximum Gasteiger partial charge on any atom is 0.339 e. The normalized spacial score (nSPS) is 19.3. The van der Waals surface area contributed by atoms with Crippen LogP contribution in [0.2, 0.25) is 0 Å². The SMILES string of the molecule is O=C(O[C@@H]1Cc2c(cc(O)c([C@H]3c4c(O)c(O)c(O)c5c4C(=O)O[C@@H]3C([C@@H]3OC(=O)c4cc(O)c(O)c(O)c4-c4c(cc(O)c(O)c4O)C(=O)OC[C@H]3OC(=O)c3cc(O)c(O)c(O)c3)OC(=O)c3cc(O)c(O)c(O)c3-5)c2O)O[C@@H]1c1ccc(O)c(O)c1)c1cc(O)c(O)c(O)c1. The molecule has 12 rings (SSSR count). The van der Waals surface area contributed by atoms with E-state index in [0.29, 0.717) is 42.5 Å². The van der Waals surface area contributed by atoms with E-state index in [1.165, 1.54) is 0 Å². The van der Waals surface area contributed by atoms with E-state index in [4.69, 9.17) is 33.2 Å². The fourth-order valence-corrected chi connectivity index (χ4v) is 11.9. The molecule has 4 aliphatic rings. The van der Waals surface area contributed by atoms with Crippen molar-refractivity contribution >= 4 is 35.8 Å². The van der Waals surface area contributed by atoms with Crippen LogP contribution in [0.15, 0.2) is 66.7 Å². The van der Waals surface area contributed by atoms with Gasteiger partial charge in [-0.1, -0.05) is 6.07 Å². The molecule has 1 unspecified atom stereocenters. The minimum atomic E-state index is -3.11. The Morgan fingerprint density at radius 2 is 0.786 bits per heavy atom. The second kappa shape index (κ2) is 22.9. The van der Waals surface area contributed by atoms with Crippen LogP contribution < -0.4 is 4.74 Å². The Morgan fingerprint density at radius 3 is 1.29 bits per heavy atom. The van der Waals surface area contributed by atoms with Crippen molar-refractivity contribution in [2.75, 3.05) is 6.61 Å². The smallest absolute Gasteiger partial charge is 0.339 e. The van der Waals surface area contributed by atoms with Crippen LogP contribution in [0.5, 0.6) is 132 Å². The third-order valence-corrected chi connectivity index (χ3v) is 16.5. The van der Waals surface area contributed by atoms with Crippen LogP contribution in [0.1, 0.15) is 96.4 Å². The lowest BCUT2D eigenvalue weighted by atomic mass is 9.74. The lowest BCUT2D eigenvalue weighted by Crippen LogP contribution is -2.56. The molecule has 0 saturated carbocycles. The standard InChI is InChI=1S/C63H44O35/c64-21-2-1-14(3-22(21)65)54-32(94-58(86)15-4-24(67)43(75)25(68)5-15)11-17-31(93-54)12-23(66)37(42(17)74)40-39-41-38(51(83)53(85)52(39)84)36-20(10-30(73)47(79)50(36)82)62(90)98-57(56(40)97-63(41)91)55-33(95-59(87)16-6-26(69)44(76)27(70)7-16)13-92-60(88)18-8-28(71)45(77)48(80)34(18)35-19(61(89)96-55)9-29(72)46(78)49(35)81/h1-10,12,32-33,40,54-57,64-85H,11,13H2/t32-,33-,40+,54-,55-,56+,57?/m1/s1. The molecule has 98 heavy (non-hydrogen) atoms. The van der Waals surface area contributed by atoms with Crippen molar-refractivity contribution in [3.05, 3.63) is 122 Å². The van der Waals surface area contributed by atoms with Crippen LogP contribution in [0, 0.1) is 0 Å². The van der Waals surface area contributed by atoms with E-state index in [1.54, 1.807) is 0 Å². The highest BCUT2D eigenvalue weighted by atomic mass is 16.6. The Hall–Kier alpha value is -14.0. The molecule has 0 aromatic heterocycles. The number of fused-ring (bicyclic) bond motifs is 8. The monoisotopic (exact) mass is 1360 g/mol. The number of cyclic esters (lactones) is 3. The van der Waals surface area contributed by atoms with Gasteiger partial charge in [-0.05, 0) is 54.6 Å². The molecule has 0 amide bonds. The van der Waals surface area contributed by atoms with Crippen LogP contribution in [-0.4, -0.2) is 185 Å². The average molecular weight is 1360 g/mol. The van der Waals surface area contributed by atoms with E-state index in [1.807, 2.05) is 0 Å². The molecule has 0 fully saturated rings. The highest BCUT2D eigenvalue weighted by Crippen LogP contribution is 2.62.